The van der Waals surface area contributed by atoms with Crippen LogP contribution < -0.4 is 5.32 Å². The average molecular weight is 307 g/mol. The number of carbonyl (C=O) groups is 1. The topological polar surface area (TPSA) is 42.0 Å². The van der Waals surface area contributed by atoms with E-state index in [1.807, 2.05) is 18.2 Å². The molecule has 0 aliphatic heterocycles. The highest BCUT2D eigenvalue weighted by molar-refractivity contribution is 7.17. The molecule has 0 unspecified atom stereocenters. The van der Waals surface area contributed by atoms with Gasteiger partial charge in [-0.1, -0.05) is 48.1 Å². The van der Waals surface area contributed by atoms with Gasteiger partial charge >= 0.3 is 0 Å². The third-order valence-corrected chi connectivity index (χ3v) is 3.91. The van der Waals surface area contributed by atoms with Crippen molar-refractivity contribution in [3.63, 3.8) is 0 Å². The van der Waals surface area contributed by atoms with Gasteiger partial charge in [-0.15, -0.1) is 0 Å². The Labute approximate surface area is 127 Å². The van der Waals surface area contributed by atoms with Crippen molar-refractivity contribution in [1.82, 2.24) is 4.98 Å². The van der Waals surface area contributed by atoms with Crippen LogP contribution in [0, 0.1) is 0 Å². The summed E-state index contributed by atoms with van der Waals surface area (Å²) >= 11 is 7.40. The number of aromatic nitrogens is 1. The van der Waals surface area contributed by atoms with E-state index in [9.17, 15) is 4.79 Å². The third kappa shape index (κ3) is 3.92. The molecule has 0 saturated carbocycles. The highest BCUT2D eigenvalue weighted by Gasteiger charge is 2.07. The van der Waals surface area contributed by atoms with Crippen LogP contribution in [0.2, 0.25) is 5.02 Å². The van der Waals surface area contributed by atoms with Crippen molar-refractivity contribution >= 4 is 39.9 Å². The van der Waals surface area contributed by atoms with Gasteiger partial charge in [-0.2, -0.15) is 0 Å². The lowest BCUT2D eigenvalue weighted by Gasteiger charge is -1.97. The van der Waals surface area contributed by atoms with Crippen LogP contribution in [-0.4, -0.2) is 17.3 Å². The smallest absolute Gasteiger partial charge is 0.197 e. The maximum Gasteiger partial charge on any atom is 0.197 e. The summed E-state index contributed by atoms with van der Waals surface area (Å²) in [5, 5.41) is 4.57. The highest BCUT2D eigenvalue weighted by Crippen LogP contribution is 2.20. The molecular formula is C15H15ClN2OS. The fourth-order valence-electron chi connectivity index (χ4n) is 1.56. The molecule has 2 rings (SSSR count). The number of rotatable bonds is 6. The van der Waals surface area contributed by atoms with Crippen LogP contribution in [0.15, 0.2) is 36.5 Å². The molecule has 0 aliphatic carbocycles. The molecule has 0 fully saturated rings. The lowest BCUT2D eigenvalue weighted by molar-refractivity contribution is 0.105. The molecule has 0 spiro atoms. The lowest BCUT2D eigenvalue weighted by atomic mass is 10.2. The number of anilines is 1. The number of ketones is 1. The summed E-state index contributed by atoms with van der Waals surface area (Å²) in [6, 6.07) is 7.41. The molecule has 20 heavy (non-hydrogen) atoms. The number of benzene rings is 1. The van der Waals surface area contributed by atoms with Gasteiger partial charge in [0.15, 0.2) is 10.9 Å². The largest absolute Gasteiger partial charge is 0.362 e. The second-order valence-electron chi connectivity index (χ2n) is 4.18. The van der Waals surface area contributed by atoms with E-state index in [1.54, 1.807) is 18.3 Å². The first kappa shape index (κ1) is 14.8. The predicted molar refractivity (Wildman–Crippen MR) is 85.7 cm³/mol. The number of hydrogen-bond donors (Lipinski definition) is 1. The minimum Gasteiger partial charge on any atom is -0.362 e. The monoisotopic (exact) mass is 306 g/mol. The van der Waals surface area contributed by atoms with E-state index in [-0.39, 0.29) is 5.78 Å². The van der Waals surface area contributed by atoms with Crippen molar-refractivity contribution in [2.75, 3.05) is 11.9 Å². The van der Waals surface area contributed by atoms with Crippen molar-refractivity contribution in [2.45, 2.75) is 13.3 Å². The Morgan fingerprint density at radius 2 is 2.25 bits per heavy atom. The van der Waals surface area contributed by atoms with E-state index in [4.69, 9.17) is 11.6 Å². The molecule has 0 amide bonds. The standard InChI is InChI=1S/C15H15ClN2OS/c1-2-9-17-15-18-10-14(20-15)13(19)8-7-11-5-3-4-6-12(11)16/h3-8,10H,2,9H2,1H3,(H,17,18)/b8-7+. The number of hydrogen-bond acceptors (Lipinski definition) is 4. The molecular weight excluding hydrogens is 292 g/mol. The molecule has 5 heteroatoms. The van der Waals surface area contributed by atoms with Crippen LogP contribution in [0.1, 0.15) is 28.6 Å². The van der Waals surface area contributed by atoms with E-state index < -0.39 is 0 Å². The fraction of sp³-hybridized carbons (Fsp3) is 0.200. The fourth-order valence-corrected chi connectivity index (χ4v) is 2.52. The van der Waals surface area contributed by atoms with Gasteiger partial charge in [0.25, 0.3) is 0 Å². The molecule has 0 bridgehead atoms. The molecule has 1 aromatic carbocycles. The number of allylic oxidation sites excluding steroid dienone is 1. The van der Waals surface area contributed by atoms with E-state index in [0.717, 1.165) is 23.7 Å². The SMILES string of the molecule is CCCNc1ncc(C(=O)/C=C/c2ccccc2Cl)s1. The lowest BCUT2D eigenvalue weighted by Crippen LogP contribution is -1.97. The quantitative estimate of drug-likeness (QED) is 0.630. The third-order valence-electron chi connectivity index (χ3n) is 2.59. The summed E-state index contributed by atoms with van der Waals surface area (Å²) in [4.78, 5) is 16.8. The summed E-state index contributed by atoms with van der Waals surface area (Å²) in [7, 11) is 0. The maximum absolute atomic E-state index is 12.0. The van der Waals surface area contributed by atoms with E-state index in [0.29, 0.717) is 9.90 Å². The zero-order valence-corrected chi connectivity index (χ0v) is 12.7. The van der Waals surface area contributed by atoms with Crippen LogP contribution in [0.3, 0.4) is 0 Å². The number of nitrogens with zero attached hydrogens (tertiary/aromatic N) is 1. The first-order valence-corrected chi connectivity index (χ1v) is 7.56. The second-order valence-corrected chi connectivity index (χ2v) is 5.61. The number of halogens is 1. The van der Waals surface area contributed by atoms with E-state index >= 15 is 0 Å². The van der Waals surface area contributed by atoms with Crippen LogP contribution >= 0.6 is 22.9 Å². The second kappa shape index (κ2) is 7.22. The van der Waals surface area contributed by atoms with Crippen molar-refractivity contribution < 1.29 is 4.79 Å². The minimum absolute atomic E-state index is 0.0630. The first-order valence-electron chi connectivity index (χ1n) is 6.37. The average Bonchev–Trinajstić information content (AvgIpc) is 2.93. The molecule has 2 aromatic rings. The summed E-state index contributed by atoms with van der Waals surface area (Å²) in [6.45, 7) is 2.94. The predicted octanol–water partition coefficient (Wildman–Crippen LogP) is 4.51. The number of carbonyl (C=O) groups excluding carboxylic acids is 1. The van der Waals surface area contributed by atoms with Gasteiger partial charge in [0.05, 0.1) is 11.1 Å². The van der Waals surface area contributed by atoms with E-state index in [2.05, 4.69) is 17.2 Å². The normalized spacial score (nSPS) is 10.9. The van der Waals surface area contributed by atoms with Crippen molar-refractivity contribution in [2.24, 2.45) is 0 Å². The molecule has 0 aliphatic rings. The molecule has 1 heterocycles. The molecule has 1 aromatic heterocycles. The van der Waals surface area contributed by atoms with Gasteiger partial charge in [-0.3, -0.25) is 4.79 Å². The molecule has 0 radical (unpaired) electrons. The van der Waals surface area contributed by atoms with Crippen LogP contribution in [0.4, 0.5) is 5.13 Å². The van der Waals surface area contributed by atoms with Gasteiger partial charge in [0, 0.05) is 11.6 Å². The molecule has 1 N–H and O–H groups in total. The van der Waals surface area contributed by atoms with Gasteiger partial charge in [-0.25, -0.2) is 4.98 Å². The Hall–Kier alpha value is -1.65. The zero-order chi connectivity index (χ0) is 14.4. The molecule has 0 atom stereocenters. The van der Waals surface area contributed by atoms with Crippen molar-refractivity contribution in [1.29, 1.82) is 0 Å². The van der Waals surface area contributed by atoms with Crippen LogP contribution in [0.25, 0.3) is 6.08 Å². The summed E-state index contributed by atoms with van der Waals surface area (Å²) < 4.78 is 0. The van der Waals surface area contributed by atoms with Gasteiger partial charge in [-0.05, 0) is 30.2 Å². The zero-order valence-electron chi connectivity index (χ0n) is 11.1. The maximum atomic E-state index is 12.0. The molecule has 0 saturated heterocycles. The Balaban J connectivity index is 2.05. The van der Waals surface area contributed by atoms with Gasteiger partial charge in [0.2, 0.25) is 0 Å². The molecule has 3 nitrogen and oxygen atoms in total. The highest BCUT2D eigenvalue weighted by atomic mass is 35.5. The summed E-state index contributed by atoms with van der Waals surface area (Å²) in [5.74, 6) is -0.0630. The van der Waals surface area contributed by atoms with Crippen molar-refractivity contribution in [3.8, 4) is 0 Å². The Morgan fingerprint density at radius 1 is 1.45 bits per heavy atom. The number of nitrogens with one attached hydrogen (secondary N) is 1. The minimum atomic E-state index is -0.0630. The van der Waals surface area contributed by atoms with E-state index in [1.165, 1.54) is 17.4 Å². The number of thiazole rings is 1. The Morgan fingerprint density at radius 3 is 3.00 bits per heavy atom. The molecule has 104 valence electrons. The van der Waals surface area contributed by atoms with Gasteiger partial charge < -0.3 is 5.32 Å². The summed E-state index contributed by atoms with van der Waals surface area (Å²) in [6.07, 6.45) is 5.87. The van der Waals surface area contributed by atoms with Crippen molar-refractivity contribution in [3.05, 3.63) is 52.0 Å². The Kier molecular flexibility index (Phi) is 5.32. The van der Waals surface area contributed by atoms with Crippen LogP contribution in [-0.2, 0) is 0 Å². The Bertz CT molecular complexity index is 622. The van der Waals surface area contributed by atoms with Crippen LogP contribution in [0.5, 0.6) is 0 Å². The van der Waals surface area contributed by atoms with Gasteiger partial charge in [0.1, 0.15) is 0 Å². The first-order chi connectivity index (χ1) is 9.70. The summed E-state index contributed by atoms with van der Waals surface area (Å²) in [5.41, 5.74) is 0.830.